The highest BCUT2D eigenvalue weighted by Gasteiger charge is 2.47. The summed E-state index contributed by atoms with van der Waals surface area (Å²) in [4.78, 5) is 0. The molecule has 0 aromatic rings. The van der Waals surface area contributed by atoms with Crippen molar-refractivity contribution in [2.75, 3.05) is 0 Å². The molecule has 4 atom stereocenters. The van der Waals surface area contributed by atoms with E-state index in [0.29, 0.717) is 0 Å². The van der Waals surface area contributed by atoms with Crippen molar-refractivity contribution in [3.05, 3.63) is 12.2 Å². The summed E-state index contributed by atoms with van der Waals surface area (Å²) in [7, 11) is 0. The fourth-order valence-electron chi connectivity index (χ4n) is 1.10. The summed E-state index contributed by atoms with van der Waals surface area (Å²) in [6.45, 7) is 0. The van der Waals surface area contributed by atoms with E-state index in [1.54, 1.807) is 12.2 Å². The van der Waals surface area contributed by atoms with Crippen LogP contribution in [0.25, 0.3) is 0 Å². The zero-order valence-corrected chi connectivity index (χ0v) is 4.77. The molecule has 0 saturated carbocycles. The van der Waals surface area contributed by atoms with Gasteiger partial charge in [0.1, 0.15) is 24.4 Å². The summed E-state index contributed by atoms with van der Waals surface area (Å²) in [5.41, 5.74) is 0. The summed E-state index contributed by atoms with van der Waals surface area (Å²) in [5.74, 6) is 0. The van der Waals surface area contributed by atoms with E-state index in [9.17, 15) is 0 Å². The molecule has 1 saturated heterocycles. The van der Waals surface area contributed by atoms with Crippen LogP contribution < -0.4 is 0 Å². The van der Waals surface area contributed by atoms with Crippen LogP contribution in [-0.4, -0.2) is 34.6 Å². The average Bonchev–Trinajstić information content (AvgIpc) is 2.58. The average molecular weight is 128 g/mol. The predicted octanol–water partition coefficient (Wildman–Crippen LogP) is -0.955. The molecule has 1 unspecified atom stereocenters. The second kappa shape index (κ2) is 1.56. The highest BCUT2D eigenvalue weighted by molar-refractivity contribution is 5.15. The van der Waals surface area contributed by atoms with E-state index >= 15 is 0 Å². The van der Waals surface area contributed by atoms with E-state index in [-0.39, 0.29) is 12.2 Å². The fraction of sp³-hybridized carbons (Fsp3) is 0.667. The van der Waals surface area contributed by atoms with Crippen molar-refractivity contribution < 1.29 is 14.9 Å². The molecule has 3 nitrogen and oxygen atoms in total. The maximum Gasteiger partial charge on any atom is 0.117 e. The van der Waals surface area contributed by atoms with E-state index < -0.39 is 12.2 Å². The van der Waals surface area contributed by atoms with Crippen LogP contribution >= 0.6 is 0 Å². The summed E-state index contributed by atoms with van der Waals surface area (Å²) in [6, 6.07) is 0. The molecule has 2 aliphatic rings. The third-order valence-corrected chi connectivity index (χ3v) is 1.75. The van der Waals surface area contributed by atoms with Crippen molar-refractivity contribution >= 4 is 0 Å². The van der Waals surface area contributed by atoms with Gasteiger partial charge in [0, 0.05) is 0 Å². The third-order valence-electron chi connectivity index (χ3n) is 1.75. The van der Waals surface area contributed by atoms with Gasteiger partial charge in [0.05, 0.1) is 0 Å². The molecule has 1 fully saturated rings. The first-order valence-electron chi connectivity index (χ1n) is 2.99. The van der Waals surface area contributed by atoms with Crippen LogP contribution in [0.3, 0.4) is 0 Å². The van der Waals surface area contributed by atoms with Crippen LogP contribution in [0.2, 0.25) is 0 Å². The Labute approximate surface area is 52.6 Å². The van der Waals surface area contributed by atoms with Gasteiger partial charge in [0.15, 0.2) is 0 Å². The lowest BCUT2D eigenvalue weighted by Crippen LogP contribution is -2.32. The third kappa shape index (κ3) is 0.694. The monoisotopic (exact) mass is 128 g/mol. The quantitative estimate of drug-likeness (QED) is 0.326. The largest absolute Gasteiger partial charge is 0.387 e. The first-order chi connectivity index (χ1) is 4.29. The molecular weight excluding hydrogens is 120 g/mol. The predicted molar refractivity (Wildman–Crippen MR) is 29.8 cm³/mol. The first-order valence-corrected chi connectivity index (χ1v) is 2.99. The number of rotatable bonds is 0. The number of hydrogen-bond donors (Lipinski definition) is 2. The van der Waals surface area contributed by atoms with Crippen molar-refractivity contribution in [1.82, 2.24) is 0 Å². The lowest BCUT2D eigenvalue weighted by Gasteiger charge is -2.13. The SMILES string of the molecule is O[C@@H]1[C@H](O)C=CC2O[C@H]21. The molecule has 0 aromatic carbocycles. The van der Waals surface area contributed by atoms with Gasteiger partial charge in [0.2, 0.25) is 0 Å². The van der Waals surface area contributed by atoms with Gasteiger partial charge in [-0.3, -0.25) is 0 Å². The van der Waals surface area contributed by atoms with Gasteiger partial charge in [-0.1, -0.05) is 12.2 Å². The Morgan fingerprint density at radius 3 is 2.67 bits per heavy atom. The molecule has 0 radical (unpaired) electrons. The second-order valence-corrected chi connectivity index (χ2v) is 2.43. The minimum atomic E-state index is -0.728. The molecule has 0 bridgehead atoms. The van der Waals surface area contributed by atoms with Crippen LogP contribution in [0.15, 0.2) is 12.2 Å². The van der Waals surface area contributed by atoms with E-state index in [4.69, 9.17) is 14.9 Å². The number of aliphatic hydroxyl groups is 2. The van der Waals surface area contributed by atoms with Crippen LogP contribution in [0.4, 0.5) is 0 Å². The molecule has 9 heavy (non-hydrogen) atoms. The van der Waals surface area contributed by atoms with Gasteiger partial charge in [-0.2, -0.15) is 0 Å². The van der Waals surface area contributed by atoms with Crippen LogP contribution in [0, 0.1) is 0 Å². The maximum absolute atomic E-state index is 9.06. The molecular formula is C6H8O3. The number of epoxide rings is 1. The Balaban J connectivity index is 2.16. The van der Waals surface area contributed by atoms with Crippen molar-refractivity contribution in [3.8, 4) is 0 Å². The van der Waals surface area contributed by atoms with Gasteiger partial charge < -0.3 is 14.9 Å². The van der Waals surface area contributed by atoms with E-state index in [1.165, 1.54) is 0 Å². The van der Waals surface area contributed by atoms with Crippen molar-refractivity contribution in [3.63, 3.8) is 0 Å². The van der Waals surface area contributed by atoms with Gasteiger partial charge in [0.25, 0.3) is 0 Å². The Morgan fingerprint density at radius 2 is 2.00 bits per heavy atom. The topological polar surface area (TPSA) is 53.0 Å². The molecule has 0 amide bonds. The summed E-state index contributed by atoms with van der Waals surface area (Å²) in [5, 5.41) is 18.0. The van der Waals surface area contributed by atoms with E-state index in [1.807, 2.05) is 0 Å². The Bertz CT molecular complexity index is 154. The molecule has 1 aliphatic heterocycles. The number of ether oxygens (including phenoxy) is 1. The minimum Gasteiger partial charge on any atom is -0.387 e. The highest BCUT2D eigenvalue weighted by Crippen LogP contribution is 2.31. The lowest BCUT2D eigenvalue weighted by atomic mass is 10.0. The van der Waals surface area contributed by atoms with E-state index in [2.05, 4.69) is 0 Å². The molecule has 50 valence electrons. The van der Waals surface area contributed by atoms with Gasteiger partial charge >= 0.3 is 0 Å². The first kappa shape index (κ1) is 5.41. The Kier molecular flexibility index (Phi) is 0.939. The Hall–Kier alpha value is -0.380. The molecule has 2 rings (SSSR count). The van der Waals surface area contributed by atoms with Crippen molar-refractivity contribution in [2.24, 2.45) is 0 Å². The molecule has 0 aromatic heterocycles. The van der Waals surface area contributed by atoms with Crippen molar-refractivity contribution in [1.29, 1.82) is 0 Å². The lowest BCUT2D eigenvalue weighted by molar-refractivity contribution is 0.0288. The fourth-order valence-corrected chi connectivity index (χ4v) is 1.10. The maximum atomic E-state index is 9.06. The molecule has 3 heteroatoms. The summed E-state index contributed by atoms with van der Waals surface area (Å²) in [6.07, 6.45) is 1.85. The standard InChI is InChI=1S/C6H8O3/c7-3-1-2-4-6(9-4)5(3)8/h1-8H/t3-,4?,5-,6-/m1/s1. The molecule has 2 N–H and O–H groups in total. The number of hydrogen-bond acceptors (Lipinski definition) is 3. The van der Waals surface area contributed by atoms with Crippen LogP contribution in [0.1, 0.15) is 0 Å². The van der Waals surface area contributed by atoms with Crippen LogP contribution in [-0.2, 0) is 4.74 Å². The number of fused-ring (bicyclic) bond motifs is 1. The Morgan fingerprint density at radius 1 is 1.22 bits per heavy atom. The summed E-state index contributed by atoms with van der Waals surface area (Å²) < 4.78 is 4.96. The van der Waals surface area contributed by atoms with Gasteiger partial charge in [-0.15, -0.1) is 0 Å². The highest BCUT2D eigenvalue weighted by atomic mass is 16.6. The number of aliphatic hydroxyl groups excluding tert-OH is 2. The van der Waals surface area contributed by atoms with Gasteiger partial charge in [-0.05, 0) is 0 Å². The normalized spacial score (nSPS) is 54.9. The molecule has 1 heterocycles. The minimum absolute atomic E-state index is 0.0726. The van der Waals surface area contributed by atoms with Gasteiger partial charge in [-0.25, -0.2) is 0 Å². The van der Waals surface area contributed by atoms with E-state index in [0.717, 1.165) is 0 Å². The summed E-state index contributed by atoms with van der Waals surface area (Å²) >= 11 is 0. The zero-order valence-electron chi connectivity index (χ0n) is 4.77. The molecule has 0 spiro atoms. The zero-order chi connectivity index (χ0) is 6.43. The van der Waals surface area contributed by atoms with Crippen LogP contribution in [0.5, 0.6) is 0 Å². The van der Waals surface area contributed by atoms with Crippen molar-refractivity contribution in [2.45, 2.75) is 24.4 Å². The smallest absolute Gasteiger partial charge is 0.117 e. The molecule has 1 aliphatic carbocycles. The second-order valence-electron chi connectivity index (χ2n) is 2.43.